The van der Waals surface area contributed by atoms with Crippen LogP contribution in [0.25, 0.3) is 33.4 Å². The number of nitrogens with zero attached hydrogens (tertiary/aromatic N) is 2. The van der Waals surface area contributed by atoms with E-state index < -0.39 is 0 Å². The normalized spacial score (nSPS) is 20.6. The van der Waals surface area contributed by atoms with E-state index in [0.29, 0.717) is 5.41 Å². The number of fused-ring (bicyclic) bond motifs is 3. The number of hydrogen-bond acceptors (Lipinski definition) is 2. The fourth-order valence-corrected chi connectivity index (χ4v) is 12.2. The molecular weight excluding hydrogens is 737 g/mol. The van der Waals surface area contributed by atoms with Gasteiger partial charge in [0.1, 0.15) is 0 Å². The lowest BCUT2D eigenvalue weighted by atomic mass is 9.48. The average molecular weight is 787 g/mol. The van der Waals surface area contributed by atoms with Gasteiger partial charge >= 0.3 is 0 Å². The lowest BCUT2D eigenvalue weighted by Gasteiger charge is -2.57. The molecule has 4 bridgehead atoms. The van der Waals surface area contributed by atoms with Crippen LogP contribution in [-0.2, 0) is 11.8 Å². The smallest absolute Gasteiger partial charge is 0.0482 e. The Labute approximate surface area is 360 Å². The summed E-state index contributed by atoms with van der Waals surface area (Å²) in [6, 6.07) is 74.5. The highest BCUT2D eigenvalue weighted by Crippen LogP contribution is 2.61. The van der Waals surface area contributed by atoms with Gasteiger partial charge in [0.2, 0.25) is 0 Å². The molecule has 296 valence electrons. The van der Waals surface area contributed by atoms with Crippen LogP contribution in [0.1, 0.15) is 55.2 Å². The number of anilines is 6. The lowest BCUT2D eigenvalue weighted by Crippen LogP contribution is -2.48. The summed E-state index contributed by atoms with van der Waals surface area (Å²) in [6.45, 7) is 0. The van der Waals surface area contributed by atoms with E-state index >= 15 is 0 Å². The Morgan fingerprint density at radius 2 is 0.754 bits per heavy atom. The van der Waals surface area contributed by atoms with Gasteiger partial charge in [-0.05, 0) is 185 Å². The highest BCUT2D eigenvalue weighted by Gasteiger charge is 2.51. The van der Waals surface area contributed by atoms with Crippen molar-refractivity contribution in [1.82, 2.24) is 0 Å². The SMILES string of the molecule is c1ccc(-c2ccc(N(c3ccc(C45CC6CC(CC(C6)C4)C5)cc3)c3cccc(N(c4ccc(-c5ccccc5)cc4)c4ccc5c(c4)-c4ccccc4C5)c3)cc2)cc1. The summed E-state index contributed by atoms with van der Waals surface area (Å²) in [6.07, 6.45) is 9.51. The molecule has 13 rings (SSSR count). The highest BCUT2D eigenvalue weighted by atomic mass is 15.2. The van der Waals surface area contributed by atoms with Gasteiger partial charge in [0.05, 0.1) is 0 Å². The van der Waals surface area contributed by atoms with Crippen LogP contribution in [0.15, 0.2) is 200 Å². The minimum Gasteiger partial charge on any atom is -0.310 e. The molecule has 0 atom stereocenters. The Morgan fingerprint density at radius 1 is 0.328 bits per heavy atom. The van der Waals surface area contributed by atoms with Crippen LogP contribution in [0.2, 0.25) is 0 Å². The number of rotatable bonds is 9. The van der Waals surface area contributed by atoms with Gasteiger partial charge in [-0.1, -0.05) is 133 Å². The molecule has 4 fully saturated rings. The van der Waals surface area contributed by atoms with Gasteiger partial charge in [0.25, 0.3) is 0 Å². The molecule has 0 spiro atoms. The van der Waals surface area contributed by atoms with Gasteiger partial charge in [-0.2, -0.15) is 0 Å². The third-order valence-electron chi connectivity index (χ3n) is 14.6. The van der Waals surface area contributed by atoms with Crippen molar-refractivity contribution in [2.45, 2.75) is 50.4 Å². The van der Waals surface area contributed by atoms with Gasteiger partial charge in [-0.15, -0.1) is 0 Å². The Kier molecular flexibility index (Phi) is 8.80. The van der Waals surface area contributed by atoms with E-state index in [9.17, 15) is 0 Å². The fourth-order valence-electron chi connectivity index (χ4n) is 12.2. The van der Waals surface area contributed by atoms with E-state index in [2.05, 4.69) is 210 Å². The van der Waals surface area contributed by atoms with Crippen LogP contribution in [0, 0.1) is 17.8 Å². The number of benzene rings is 8. The van der Waals surface area contributed by atoms with Gasteiger partial charge in [-0.3, -0.25) is 0 Å². The Balaban J connectivity index is 0.967. The Morgan fingerprint density at radius 3 is 1.31 bits per heavy atom. The molecule has 0 N–H and O–H groups in total. The molecule has 0 aromatic heterocycles. The summed E-state index contributed by atoms with van der Waals surface area (Å²) in [4.78, 5) is 4.89. The number of hydrogen-bond donors (Lipinski definition) is 0. The summed E-state index contributed by atoms with van der Waals surface area (Å²) in [5.41, 5.74) is 19.1. The topological polar surface area (TPSA) is 6.48 Å². The van der Waals surface area contributed by atoms with Crippen molar-refractivity contribution in [3.63, 3.8) is 0 Å². The molecule has 4 saturated carbocycles. The van der Waals surface area contributed by atoms with E-state index in [1.807, 2.05) is 0 Å². The maximum absolute atomic E-state index is 2.49. The fraction of sp³-hybridized carbons (Fsp3) is 0.186. The third-order valence-corrected chi connectivity index (χ3v) is 14.6. The maximum Gasteiger partial charge on any atom is 0.0482 e. The summed E-state index contributed by atoms with van der Waals surface area (Å²) in [7, 11) is 0. The second-order valence-corrected chi connectivity index (χ2v) is 18.4. The van der Waals surface area contributed by atoms with Crippen molar-refractivity contribution in [2.75, 3.05) is 9.80 Å². The molecule has 2 nitrogen and oxygen atoms in total. The van der Waals surface area contributed by atoms with Crippen molar-refractivity contribution in [2.24, 2.45) is 17.8 Å². The summed E-state index contributed by atoms with van der Waals surface area (Å²) in [5.74, 6) is 2.77. The largest absolute Gasteiger partial charge is 0.310 e. The van der Waals surface area contributed by atoms with Gasteiger partial charge in [-0.25, -0.2) is 0 Å². The molecule has 5 aliphatic carbocycles. The Bertz CT molecular complexity index is 2810. The van der Waals surface area contributed by atoms with Gasteiger partial charge in [0, 0.05) is 34.1 Å². The van der Waals surface area contributed by atoms with Crippen LogP contribution >= 0.6 is 0 Å². The van der Waals surface area contributed by atoms with Gasteiger partial charge < -0.3 is 9.80 Å². The highest BCUT2D eigenvalue weighted by molar-refractivity contribution is 5.87. The molecule has 2 heteroatoms. The molecule has 0 radical (unpaired) electrons. The van der Waals surface area contributed by atoms with Gasteiger partial charge in [0.15, 0.2) is 0 Å². The molecule has 5 aliphatic rings. The predicted molar refractivity (Wildman–Crippen MR) is 255 cm³/mol. The first-order valence-corrected chi connectivity index (χ1v) is 22.5. The zero-order valence-electron chi connectivity index (χ0n) is 34.6. The lowest BCUT2D eigenvalue weighted by molar-refractivity contribution is -0.00518. The van der Waals surface area contributed by atoms with E-state index in [-0.39, 0.29) is 0 Å². The maximum atomic E-state index is 2.49. The molecule has 61 heavy (non-hydrogen) atoms. The second-order valence-electron chi connectivity index (χ2n) is 18.4. The average Bonchev–Trinajstić information content (AvgIpc) is 3.68. The first kappa shape index (κ1) is 36.2. The second kappa shape index (κ2) is 14.8. The first-order chi connectivity index (χ1) is 30.1. The predicted octanol–water partition coefficient (Wildman–Crippen LogP) is 16.0. The van der Waals surface area contributed by atoms with E-state index in [1.165, 1.54) is 88.7 Å². The quantitative estimate of drug-likeness (QED) is 0.144. The molecule has 0 unspecified atom stereocenters. The third kappa shape index (κ3) is 6.57. The van der Waals surface area contributed by atoms with E-state index in [0.717, 1.165) is 52.6 Å². The zero-order chi connectivity index (χ0) is 40.3. The summed E-state index contributed by atoms with van der Waals surface area (Å²) in [5, 5.41) is 0. The minimum absolute atomic E-state index is 0.363. The molecule has 0 saturated heterocycles. The molecule has 8 aromatic rings. The van der Waals surface area contributed by atoms with E-state index in [4.69, 9.17) is 0 Å². The van der Waals surface area contributed by atoms with Crippen molar-refractivity contribution in [3.05, 3.63) is 217 Å². The summed E-state index contributed by atoms with van der Waals surface area (Å²) < 4.78 is 0. The zero-order valence-corrected chi connectivity index (χ0v) is 34.6. The van der Waals surface area contributed by atoms with Crippen molar-refractivity contribution in [1.29, 1.82) is 0 Å². The minimum atomic E-state index is 0.363. The van der Waals surface area contributed by atoms with Crippen LogP contribution in [0.4, 0.5) is 34.1 Å². The molecule has 0 aliphatic heterocycles. The van der Waals surface area contributed by atoms with Crippen molar-refractivity contribution >= 4 is 34.1 Å². The molecular formula is C59H50N2. The van der Waals surface area contributed by atoms with Crippen LogP contribution < -0.4 is 9.80 Å². The standard InChI is InChI=1S/C59H50N2/c1-3-10-44(11-4-1)46-18-25-51(26-19-46)60(53-30-23-50(24-31-53)59-38-41-32-42(39-59)34-43(33-41)40-59)54-15-9-16-55(36-54)61(52-27-20-47(21-28-52)45-12-5-2-6-13-45)56-29-22-49-35-48-14-7-8-17-57(48)58(49)37-56/h1-31,36-37,41-43H,32-35,38-40H2. The molecule has 0 amide bonds. The summed E-state index contributed by atoms with van der Waals surface area (Å²) >= 11 is 0. The van der Waals surface area contributed by atoms with Crippen LogP contribution in [0.5, 0.6) is 0 Å². The van der Waals surface area contributed by atoms with Crippen molar-refractivity contribution < 1.29 is 0 Å². The first-order valence-electron chi connectivity index (χ1n) is 22.5. The van der Waals surface area contributed by atoms with Crippen molar-refractivity contribution in [3.8, 4) is 33.4 Å². The monoisotopic (exact) mass is 786 g/mol. The molecule has 8 aromatic carbocycles. The van der Waals surface area contributed by atoms with E-state index in [1.54, 1.807) is 5.56 Å². The van der Waals surface area contributed by atoms with Crippen LogP contribution in [0.3, 0.4) is 0 Å². The molecule has 0 heterocycles. The van der Waals surface area contributed by atoms with Crippen LogP contribution in [-0.4, -0.2) is 0 Å². The Hall–Kier alpha value is -6.64.